The van der Waals surface area contributed by atoms with Crippen molar-refractivity contribution >= 4 is 27.5 Å². The quantitative estimate of drug-likeness (QED) is 0.854. The summed E-state index contributed by atoms with van der Waals surface area (Å²) in [6.45, 7) is 1.20. The third-order valence-corrected chi connectivity index (χ3v) is 1.95. The van der Waals surface area contributed by atoms with Crippen molar-refractivity contribution in [2.24, 2.45) is 0 Å². The van der Waals surface area contributed by atoms with E-state index in [0.29, 0.717) is 5.69 Å². The molecule has 0 radical (unpaired) electrons. The van der Waals surface area contributed by atoms with Gasteiger partial charge < -0.3 is 5.32 Å². The first-order valence-electron chi connectivity index (χ1n) is 3.80. The van der Waals surface area contributed by atoms with Gasteiger partial charge in [0.05, 0.1) is 0 Å². The van der Waals surface area contributed by atoms with Gasteiger partial charge in [0.25, 0.3) is 5.91 Å². The SMILES string of the molecule is CC(F)C(=O)Nc1cccc(Br)c1. The first kappa shape index (κ1) is 10.2. The summed E-state index contributed by atoms with van der Waals surface area (Å²) < 4.78 is 13.3. The summed E-state index contributed by atoms with van der Waals surface area (Å²) in [4.78, 5) is 10.9. The Hall–Kier alpha value is -0.900. The van der Waals surface area contributed by atoms with Crippen LogP contribution in [0.4, 0.5) is 10.1 Å². The van der Waals surface area contributed by atoms with Crippen LogP contribution in [0.5, 0.6) is 0 Å². The van der Waals surface area contributed by atoms with Gasteiger partial charge in [0, 0.05) is 10.2 Å². The maximum absolute atomic E-state index is 12.5. The molecule has 1 atom stereocenters. The Bertz CT molecular complexity index is 314. The molecule has 0 aromatic heterocycles. The number of carbonyl (C=O) groups excluding carboxylic acids is 1. The molecular formula is C9H9BrFNO. The normalized spacial score (nSPS) is 12.2. The lowest BCUT2D eigenvalue weighted by Crippen LogP contribution is -2.20. The van der Waals surface area contributed by atoms with Gasteiger partial charge in [-0.25, -0.2) is 4.39 Å². The van der Waals surface area contributed by atoms with Crippen LogP contribution >= 0.6 is 15.9 Å². The van der Waals surface area contributed by atoms with Crippen LogP contribution in [-0.4, -0.2) is 12.1 Å². The molecule has 1 rings (SSSR count). The van der Waals surface area contributed by atoms with Crippen molar-refractivity contribution in [2.45, 2.75) is 13.1 Å². The van der Waals surface area contributed by atoms with Gasteiger partial charge in [-0.2, -0.15) is 0 Å². The molecule has 70 valence electrons. The molecule has 1 aromatic rings. The molecule has 1 unspecified atom stereocenters. The molecule has 0 aliphatic rings. The number of hydrogen-bond donors (Lipinski definition) is 1. The van der Waals surface area contributed by atoms with E-state index >= 15 is 0 Å². The fourth-order valence-electron chi connectivity index (χ4n) is 0.808. The van der Waals surface area contributed by atoms with E-state index < -0.39 is 12.1 Å². The molecule has 0 saturated heterocycles. The Labute approximate surface area is 84.3 Å². The number of hydrogen-bond acceptors (Lipinski definition) is 1. The molecule has 0 aliphatic heterocycles. The van der Waals surface area contributed by atoms with E-state index in [1.165, 1.54) is 6.92 Å². The maximum Gasteiger partial charge on any atom is 0.258 e. The third-order valence-electron chi connectivity index (χ3n) is 1.45. The lowest BCUT2D eigenvalue weighted by atomic mass is 10.3. The molecule has 0 bridgehead atoms. The number of benzene rings is 1. The molecule has 4 heteroatoms. The van der Waals surface area contributed by atoms with E-state index in [-0.39, 0.29) is 0 Å². The van der Waals surface area contributed by atoms with Gasteiger partial charge >= 0.3 is 0 Å². The predicted molar refractivity (Wildman–Crippen MR) is 53.3 cm³/mol. The van der Waals surface area contributed by atoms with Crippen molar-refractivity contribution in [3.05, 3.63) is 28.7 Å². The second-order valence-corrected chi connectivity index (χ2v) is 3.53. The van der Waals surface area contributed by atoms with Gasteiger partial charge in [-0.05, 0) is 25.1 Å². The zero-order valence-corrected chi connectivity index (χ0v) is 8.64. The number of amides is 1. The zero-order chi connectivity index (χ0) is 9.84. The van der Waals surface area contributed by atoms with Crippen molar-refractivity contribution in [1.29, 1.82) is 0 Å². The number of carbonyl (C=O) groups is 1. The number of anilines is 1. The van der Waals surface area contributed by atoms with Crippen LogP contribution in [0.15, 0.2) is 28.7 Å². The maximum atomic E-state index is 12.5. The lowest BCUT2D eigenvalue weighted by Gasteiger charge is -2.05. The van der Waals surface area contributed by atoms with E-state index in [4.69, 9.17) is 0 Å². The highest BCUT2D eigenvalue weighted by atomic mass is 79.9. The zero-order valence-electron chi connectivity index (χ0n) is 7.05. The van der Waals surface area contributed by atoms with Gasteiger partial charge in [0.15, 0.2) is 6.17 Å². The van der Waals surface area contributed by atoms with Crippen LogP contribution in [-0.2, 0) is 4.79 Å². The van der Waals surface area contributed by atoms with Gasteiger partial charge in [-0.1, -0.05) is 22.0 Å². The standard InChI is InChI=1S/C9H9BrFNO/c1-6(11)9(13)12-8-4-2-3-7(10)5-8/h2-6H,1H3,(H,12,13). The topological polar surface area (TPSA) is 29.1 Å². The van der Waals surface area contributed by atoms with E-state index in [2.05, 4.69) is 21.2 Å². The van der Waals surface area contributed by atoms with Crippen molar-refractivity contribution in [3.8, 4) is 0 Å². The minimum absolute atomic E-state index is 0.587. The van der Waals surface area contributed by atoms with E-state index in [1.807, 2.05) is 6.07 Å². The molecule has 0 fully saturated rings. The van der Waals surface area contributed by atoms with Crippen molar-refractivity contribution in [3.63, 3.8) is 0 Å². The molecule has 1 aromatic carbocycles. The monoisotopic (exact) mass is 245 g/mol. The van der Waals surface area contributed by atoms with E-state index in [1.54, 1.807) is 18.2 Å². The van der Waals surface area contributed by atoms with Crippen LogP contribution in [0, 0.1) is 0 Å². The summed E-state index contributed by atoms with van der Waals surface area (Å²) in [5, 5.41) is 2.44. The van der Waals surface area contributed by atoms with Gasteiger partial charge in [0.2, 0.25) is 0 Å². The average Bonchev–Trinajstić information content (AvgIpc) is 2.04. The fraction of sp³-hybridized carbons (Fsp3) is 0.222. The summed E-state index contributed by atoms with van der Waals surface area (Å²) >= 11 is 3.24. The molecule has 13 heavy (non-hydrogen) atoms. The summed E-state index contributed by atoms with van der Waals surface area (Å²) in [5.74, 6) is -0.627. The molecule has 0 aliphatic carbocycles. The molecule has 1 N–H and O–H groups in total. The van der Waals surface area contributed by atoms with E-state index in [0.717, 1.165) is 4.47 Å². The average molecular weight is 246 g/mol. The van der Waals surface area contributed by atoms with Crippen molar-refractivity contribution in [2.75, 3.05) is 5.32 Å². The highest BCUT2D eigenvalue weighted by Crippen LogP contribution is 2.15. The summed E-state index contributed by atoms with van der Waals surface area (Å²) in [5.41, 5.74) is 0.587. The molecule has 0 heterocycles. The van der Waals surface area contributed by atoms with Gasteiger partial charge in [0.1, 0.15) is 0 Å². The van der Waals surface area contributed by atoms with Gasteiger partial charge in [-0.15, -0.1) is 0 Å². The summed E-state index contributed by atoms with van der Waals surface area (Å²) in [7, 11) is 0. The van der Waals surface area contributed by atoms with E-state index in [9.17, 15) is 9.18 Å². The van der Waals surface area contributed by atoms with Crippen LogP contribution in [0.25, 0.3) is 0 Å². The first-order valence-corrected chi connectivity index (χ1v) is 4.59. The van der Waals surface area contributed by atoms with Crippen molar-refractivity contribution in [1.82, 2.24) is 0 Å². The minimum atomic E-state index is -1.49. The highest BCUT2D eigenvalue weighted by Gasteiger charge is 2.10. The summed E-state index contributed by atoms with van der Waals surface area (Å²) in [6, 6.07) is 7.00. The molecular weight excluding hydrogens is 237 g/mol. The second-order valence-electron chi connectivity index (χ2n) is 2.62. The Morgan fingerprint density at radius 3 is 2.85 bits per heavy atom. The van der Waals surface area contributed by atoms with Crippen LogP contribution < -0.4 is 5.32 Å². The largest absolute Gasteiger partial charge is 0.324 e. The number of halogens is 2. The predicted octanol–water partition coefficient (Wildman–Crippen LogP) is 2.75. The number of nitrogens with one attached hydrogen (secondary N) is 1. The van der Waals surface area contributed by atoms with Crippen LogP contribution in [0.2, 0.25) is 0 Å². The Balaban J connectivity index is 2.69. The second kappa shape index (κ2) is 4.37. The smallest absolute Gasteiger partial charge is 0.258 e. The Morgan fingerprint density at radius 1 is 1.62 bits per heavy atom. The molecule has 1 amide bonds. The third kappa shape index (κ3) is 3.14. The first-order chi connectivity index (χ1) is 6.09. The Morgan fingerprint density at radius 2 is 2.31 bits per heavy atom. The minimum Gasteiger partial charge on any atom is -0.324 e. The fourth-order valence-corrected chi connectivity index (χ4v) is 1.21. The molecule has 2 nitrogen and oxygen atoms in total. The summed E-state index contributed by atoms with van der Waals surface area (Å²) in [6.07, 6.45) is -1.49. The van der Waals surface area contributed by atoms with Crippen LogP contribution in [0.1, 0.15) is 6.92 Å². The Kier molecular flexibility index (Phi) is 3.42. The molecule has 0 saturated carbocycles. The van der Waals surface area contributed by atoms with Gasteiger partial charge in [-0.3, -0.25) is 4.79 Å². The van der Waals surface area contributed by atoms with Crippen LogP contribution in [0.3, 0.4) is 0 Å². The number of rotatable bonds is 2. The highest BCUT2D eigenvalue weighted by molar-refractivity contribution is 9.10. The number of alkyl halides is 1. The van der Waals surface area contributed by atoms with Crippen molar-refractivity contribution < 1.29 is 9.18 Å². The molecule has 0 spiro atoms. The lowest BCUT2D eigenvalue weighted by molar-refractivity contribution is -0.120.